The summed E-state index contributed by atoms with van der Waals surface area (Å²) in [7, 11) is 0. The van der Waals surface area contributed by atoms with E-state index in [4.69, 9.17) is 4.74 Å². The summed E-state index contributed by atoms with van der Waals surface area (Å²) < 4.78 is 5.49. The van der Waals surface area contributed by atoms with Crippen molar-refractivity contribution in [2.75, 3.05) is 6.61 Å². The predicted octanol–water partition coefficient (Wildman–Crippen LogP) is 2.85. The van der Waals surface area contributed by atoms with Gasteiger partial charge in [-0.3, -0.25) is 0 Å². The Hall–Kier alpha value is -1.16. The first-order chi connectivity index (χ1) is 8.42. The van der Waals surface area contributed by atoms with Crippen molar-refractivity contribution in [1.29, 1.82) is 0 Å². The van der Waals surface area contributed by atoms with Crippen LogP contribution in [0.4, 0.5) is 0 Å². The van der Waals surface area contributed by atoms with Gasteiger partial charge in [0.1, 0.15) is 0 Å². The zero-order chi connectivity index (χ0) is 13.6. The molecule has 1 rings (SSSR count). The van der Waals surface area contributed by atoms with Gasteiger partial charge in [-0.25, -0.2) is 9.97 Å². The summed E-state index contributed by atoms with van der Waals surface area (Å²) in [6.45, 7) is 12.0. The van der Waals surface area contributed by atoms with Gasteiger partial charge in [0.15, 0.2) is 0 Å². The molecule has 0 radical (unpaired) electrons. The Morgan fingerprint density at radius 3 is 2.61 bits per heavy atom. The highest BCUT2D eigenvalue weighted by atomic mass is 16.5. The Morgan fingerprint density at radius 1 is 1.33 bits per heavy atom. The van der Waals surface area contributed by atoms with Crippen LogP contribution in [0.15, 0.2) is 6.20 Å². The van der Waals surface area contributed by atoms with Crippen molar-refractivity contribution in [2.24, 2.45) is 0 Å². The predicted molar refractivity (Wildman–Crippen MR) is 73.8 cm³/mol. The zero-order valence-electron chi connectivity index (χ0n) is 12.2. The largest absolute Gasteiger partial charge is 0.463 e. The van der Waals surface area contributed by atoms with Crippen LogP contribution >= 0.6 is 0 Å². The molecule has 1 heterocycles. The maximum Gasteiger partial charge on any atom is 0.316 e. The first kappa shape index (κ1) is 14.9. The van der Waals surface area contributed by atoms with E-state index in [-0.39, 0.29) is 5.54 Å². The van der Waals surface area contributed by atoms with Gasteiger partial charge in [0.2, 0.25) is 0 Å². The molecule has 0 aliphatic rings. The molecule has 0 aliphatic carbocycles. The zero-order valence-corrected chi connectivity index (χ0v) is 12.2. The number of ether oxygens (including phenoxy) is 1. The fourth-order valence-corrected chi connectivity index (χ4v) is 1.38. The van der Waals surface area contributed by atoms with Crippen molar-refractivity contribution in [3.05, 3.63) is 17.5 Å². The maximum atomic E-state index is 5.49. The Balaban J connectivity index is 2.56. The molecular weight excluding hydrogens is 226 g/mol. The number of nitrogens with zero attached hydrogens (tertiary/aromatic N) is 2. The molecule has 1 aromatic heterocycles. The second kappa shape index (κ2) is 6.69. The summed E-state index contributed by atoms with van der Waals surface area (Å²) in [4.78, 5) is 8.61. The van der Waals surface area contributed by atoms with Crippen molar-refractivity contribution in [3.63, 3.8) is 0 Å². The van der Waals surface area contributed by atoms with Crippen molar-refractivity contribution in [2.45, 2.75) is 59.5 Å². The molecule has 0 bridgehead atoms. The van der Waals surface area contributed by atoms with Crippen LogP contribution in [0, 0.1) is 6.92 Å². The second-order valence-electron chi connectivity index (χ2n) is 5.57. The maximum absolute atomic E-state index is 5.49. The third-order valence-electron chi connectivity index (χ3n) is 2.60. The van der Waals surface area contributed by atoms with Crippen molar-refractivity contribution < 1.29 is 4.74 Å². The number of aryl methyl sites for hydroxylation is 1. The Labute approximate surface area is 110 Å². The van der Waals surface area contributed by atoms with Gasteiger partial charge in [0, 0.05) is 29.5 Å². The topological polar surface area (TPSA) is 47.0 Å². The first-order valence-corrected chi connectivity index (χ1v) is 6.62. The molecule has 1 N–H and O–H groups in total. The van der Waals surface area contributed by atoms with E-state index in [1.165, 1.54) is 0 Å². The van der Waals surface area contributed by atoms with Crippen LogP contribution in [-0.2, 0) is 6.54 Å². The van der Waals surface area contributed by atoms with Crippen LogP contribution in [0.5, 0.6) is 6.01 Å². The lowest BCUT2D eigenvalue weighted by atomic mass is 10.1. The number of rotatable bonds is 6. The summed E-state index contributed by atoms with van der Waals surface area (Å²) >= 11 is 0. The van der Waals surface area contributed by atoms with Crippen LogP contribution in [-0.4, -0.2) is 22.1 Å². The van der Waals surface area contributed by atoms with E-state index in [2.05, 4.69) is 43.0 Å². The standard InChI is InChI=1S/C14H25N3O/c1-6-7-8-18-13-15-9-12(11(2)17-13)10-16-14(3,4)5/h9,16H,6-8,10H2,1-5H3. The monoisotopic (exact) mass is 251 g/mol. The molecule has 0 saturated carbocycles. The van der Waals surface area contributed by atoms with E-state index >= 15 is 0 Å². The van der Waals surface area contributed by atoms with E-state index < -0.39 is 0 Å². The molecule has 4 nitrogen and oxygen atoms in total. The molecule has 0 spiro atoms. The molecule has 0 fully saturated rings. The van der Waals surface area contributed by atoms with Crippen molar-refractivity contribution >= 4 is 0 Å². The number of nitrogens with one attached hydrogen (secondary N) is 1. The average Bonchev–Trinajstić information content (AvgIpc) is 2.27. The van der Waals surface area contributed by atoms with Gasteiger partial charge in [-0.1, -0.05) is 13.3 Å². The third-order valence-corrected chi connectivity index (χ3v) is 2.60. The molecule has 102 valence electrons. The van der Waals surface area contributed by atoms with Gasteiger partial charge in [-0.05, 0) is 34.1 Å². The van der Waals surface area contributed by atoms with Crippen LogP contribution in [0.25, 0.3) is 0 Å². The van der Waals surface area contributed by atoms with E-state index in [9.17, 15) is 0 Å². The van der Waals surface area contributed by atoms with Gasteiger partial charge >= 0.3 is 6.01 Å². The van der Waals surface area contributed by atoms with Gasteiger partial charge in [0.25, 0.3) is 0 Å². The quantitative estimate of drug-likeness (QED) is 0.790. The van der Waals surface area contributed by atoms with E-state index in [0.29, 0.717) is 12.6 Å². The lowest BCUT2D eigenvalue weighted by Gasteiger charge is -2.20. The lowest BCUT2D eigenvalue weighted by Crippen LogP contribution is -2.35. The molecule has 1 aromatic rings. The molecule has 0 amide bonds. The number of aromatic nitrogens is 2. The second-order valence-corrected chi connectivity index (χ2v) is 5.57. The Kier molecular flexibility index (Phi) is 5.54. The summed E-state index contributed by atoms with van der Waals surface area (Å²) in [5, 5.41) is 3.43. The SMILES string of the molecule is CCCCOc1ncc(CNC(C)(C)C)c(C)n1. The van der Waals surface area contributed by atoms with E-state index in [1.807, 2.05) is 13.1 Å². The number of hydrogen-bond acceptors (Lipinski definition) is 4. The van der Waals surface area contributed by atoms with E-state index in [0.717, 1.165) is 30.6 Å². The van der Waals surface area contributed by atoms with Crippen molar-refractivity contribution in [3.8, 4) is 6.01 Å². The highest BCUT2D eigenvalue weighted by Crippen LogP contribution is 2.10. The van der Waals surface area contributed by atoms with E-state index in [1.54, 1.807) is 0 Å². The normalized spacial score (nSPS) is 11.6. The summed E-state index contributed by atoms with van der Waals surface area (Å²) in [6.07, 6.45) is 4.00. The number of hydrogen-bond donors (Lipinski definition) is 1. The minimum Gasteiger partial charge on any atom is -0.463 e. The molecule has 0 saturated heterocycles. The minimum absolute atomic E-state index is 0.0999. The van der Waals surface area contributed by atoms with Crippen LogP contribution < -0.4 is 10.1 Å². The third kappa shape index (κ3) is 5.45. The average molecular weight is 251 g/mol. The highest BCUT2D eigenvalue weighted by Gasteiger charge is 2.10. The molecular formula is C14H25N3O. The highest BCUT2D eigenvalue weighted by molar-refractivity contribution is 5.17. The van der Waals surface area contributed by atoms with Gasteiger partial charge in [-0.2, -0.15) is 0 Å². The molecule has 0 aliphatic heterocycles. The molecule has 0 aromatic carbocycles. The van der Waals surface area contributed by atoms with Gasteiger partial charge < -0.3 is 10.1 Å². The molecule has 18 heavy (non-hydrogen) atoms. The fourth-order valence-electron chi connectivity index (χ4n) is 1.38. The Bertz CT molecular complexity index is 372. The smallest absolute Gasteiger partial charge is 0.316 e. The van der Waals surface area contributed by atoms with Crippen LogP contribution in [0.2, 0.25) is 0 Å². The van der Waals surface area contributed by atoms with Gasteiger partial charge in [0.05, 0.1) is 6.61 Å². The number of unbranched alkanes of at least 4 members (excludes halogenated alkanes) is 1. The summed E-state index contributed by atoms with van der Waals surface area (Å²) in [5.41, 5.74) is 2.20. The van der Waals surface area contributed by atoms with Crippen molar-refractivity contribution in [1.82, 2.24) is 15.3 Å². The molecule has 0 atom stereocenters. The fraction of sp³-hybridized carbons (Fsp3) is 0.714. The van der Waals surface area contributed by atoms with Crippen LogP contribution in [0.3, 0.4) is 0 Å². The minimum atomic E-state index is 0.0999. The molecule has 4 heteroatoms. The summed E-state index contributed by atoms with van der Waals surface area (Å²) in [5.74, 6) is 0. The van der Waals surface area contributed by atoms with Crippen LogP contribution in [0.1, 0.15) is 51.8 Å². The lowest BCUT2D eigenvalue weighted by molar-refractivity contribution is 0.284. The van der Waals surface area contributed by atoms with Gasteiger partial charge in [-0.15, -0.1) is 0 Å². The molecule has 0 unspecified atom stereocenters. The Morgan fingerprint density at radius 2 is 2.06 bits per heavy atom. The first-order valence-electron chi connectivity index (χ1n) is 6.62. The summed E-state index contributed by atoms with van der Waals surface area (Å²) in [6, 6.07) is 0.487.